The molecule has 0 heterocycles. The Morgan fingerprint density at radius 1 is 1.00 bits per heavy atom. The first kappa shape index (κ1) is 23.9. The van der Waals surface area contributed by atoms with Crippen molar-refractivity contribution in [3.05, 3.63) is 59.2 Å². The molecule has 31 heavy (non-hydrogen) atoms. The second-order valence-corrected chi connectivity index (χ2v) is 7.05. The second-order valence-electron chi connectivity index (χ2n) is 7.05. The molecule has 0 bridgehead atoms. The fraction of sp³-hybridized carbons (Fsp3) is 0.346. The summed E-state index contributed by atoms with van der Waals surface area (Å²) in [4.78, 5) is 12.6. The van der Waals surface area contributed by atoms with Crippen molar-refractivity contribution in [1.82, 2.24) is 5.32 Å². The van der Waals surface area contributed by atoms with Gasteiger partial charge in [-0.05, 0) is 49.4 Å². The van der Waals surface area contributed by atoms with E-state index >= 15 is 0 Å². The van der Waals surface area contributed by atoms with Crippen LogP contribution in [0.15, 0.2) is 42.5 Å². The van der Waals surface area contributed by atoms with Crippen LogP contribution in [0.1, 0.15) is 23.1 Å². The van der Waals surface area contributed by atoms with E-state index in [2.05, 4.69) is 41.4 Å². The van der Waals surface area contributed by atoms with Crippen LogP contribution in [0.4, 0.5) is 0 Å². The summed E-state index contributed by atoms with van der Waals surface area (Å²) in [6.45, 7) is 2.78. The van der Waals surface area contributed by atoms with Gasteiger partial charge in [-0.15, -0.1) is 12.8 Å². The maximum Gasteiger partial charge on any atom is 0.249 e. The second kappa shape index (κ2) is 13.0. The SMILES string of the molecule is C#CCOc1ccc(CCNC(=O)[C@@H](CCc2ccc(C)cc2)OCC#C)cc1OC. The molecule has 0 unspecified atom stereocenters. The van der Waals surface area contributed by atoms with Crippen molar-refractivity contribution in [3.8, 4) is 36.2 Å². The average Bonchev–Trinajstić information content (AvgIpc) is 2.79. The largest absolute Gasteiger partial charge is 0.493 e. The molecule has 0 aromatic heterocycles. The van der Waals surface area contributed by atoms with Gasteiger partial charge in [0.05, 0.1) is 7.11 Å². The first-order valence-corrected chi connectivity index (χ1v) is 10.2. The summed E-state index contributed by atoms with van der Waals surface area (Å²) in [5.74, 6) is 5.89. The highest BCUT2D eigenvalue weighted by molar-refractivity contribution is 5.80. The van der Waals surface area contributed by atoms with E-state index in [9.17, 15) is 4.79 Å². The molecule has 0 radical (unpaired) electrons. The number of rotatable bonds is 12. The van der Waals surface area contributed by atoms with Crippen molar-refractivity contribution < 1.29 is 19.0 Å². The average molecular weight is 420 g/mol. The molecule has 0 aliphatic heterocycles. The number of terminal acetylenes is 2. The Balaban J connectivity index is 1.89. The third-order valence-corrected chi connectivity index (χ3v) is 4.73. The van der Waals surface area contributed by atoms with E-state index in [-0.39, 0.29) is 19.1 Å². The van der Waals surface area contributed by atoms with Gasteiger partial charge in [0.15, 0.2) is 11.5 Å². The normalized spacial score (nSPS) is 11.1. The first-order valence-electron chi connectivity index (χ1n) is 10.2. The number of hydrogen-bond donors (Lipinski definition) is 1. The Labute approximate surface area is 185 Å². The van der Waals surface area contributed by atoms with Crippen LogP contribution in [0.25, 0.3) is 0 Å². The fourth-order valence-corrected chi connectivity index (χ4v) is 3.04. The molecule has 0 aliphatic rings. The van der Waals surface area contributed by atoms with Crippen LogP contribution in [0, 0.1) is 31.6 Å². The molecule has 2 rings (SSSR count). The zero-order chi connectivity index (χ0) is 22.5. The van der Waals surface area contributed by atoms with Crippen LogP contribution in [0.5, 0.6) is 11.5 Å². The molecule has 1 amide bonds. The number of amides is 1. The molecule has 2 aromatic rings. The maximum absolute atomic E-state index is 12.6. The summed E-state index contributed by atoms with van der Waals surface area (Å²) >= 11 is 0. The first-order chi connectivity index (χ1) is 15.1. The summed E-state index contributed by atoms with van der Waals surface area (Å²) in [7, 11) is 1.57. The number of aryl methyl sites for hydroxylation is 2. The van der Waals surface area contributed by atoms with Gasteiger partial charge in [0.2, 0.25) is 5.91 Å². The molecule has 1 N–H and O–H groups in total. The van der Waals surface area contributed by atoms with Gasteiger partial charge in [0.1, 0.15) is 19.3 Å². The van der Waals surface area contributed by atoms with E-state index in [0.717, 1.165) is 17.5 Å². The molecule has 0 spiro atoms. The Hall–Kier alpha value is -3.41. The van der Waals surface area contributed by atoms with Crippen LogP contribution in [-0.2, 0) is 22.4 Å². The van der Waals surface area contributed by atoms with Crippen LogP contribution >= 0.6 is 0 Å². The monoisotopic (exact) mass is 419 g/mol. The maximum atomic E-state index is 12.6. The molecule has 0 saturated carbocycles. The Morgan fingerprint density at radius 2 is 1.71 bits per heavy atom. The number of carbonyl (C=O) groups excluding carboxylic acids is 1. The number of hydrogen-bond acceptors (Lipinski definition) is 4. The highest BCUT2D eigenvalue weighted by Crippen LogP contribution is 2.28. The lowest BCUT2D eigenvalue weighted by molar-refractivity contribution is -0.132. The van der Waals surface area contributed by atoms with E-state index < -0.39 is 6.10 Å². The molecule has 0 aliphatic carbocycles. The molecule has 0 saturated heterocycles. The van der Waals surface area contributed by atoms with Crippen molar-refractivity contribution in [2.24, 2.45) is 0 Å². The molecular weight excluding hydrogens is 390 g/mol. The summed E-state index contributed by atoms with van der Waals surface area (Å²) in [5.41, 5.74) is 3.37. The molecule has 162 valence electrons. The van der Waals surface area contributed by atoms with Crippen LogP contribution in [0.2, 0.25) is 0 Å². The molecule has 5 nitrogen and oxygen atoms in total. The molecule has 2 aromatic carbocycles. The zero-order valence-corrected chi connectivity index (χ0v) is 18.1. The lowest BCUT2D eigenvalue weighted by atomic mass is 10.0. The van der Waals surface area contributed by atoms with Gasteiger partial charge in [-0.25, -0.2) is 0 Å². The Morgan fingerprint density at radius 3 is 2.39 bits per heavy atom. The van der Waals surface area contributed by atoms with Crippen LogP contribution in [-0.4, -0.2) is 38.9 Å². The molecular formula is C26H29NO4. The van der Waals surface area contributed by atoms with Crippen molar-refractivity contribution in [2.45, 2.75) is 32.3 Å². The van der Waals surface area contributed by atoms with Crippen molar-refractivity contribution >= 4 is 5.91 Å². The number of ether oxygens (including phenoxy) is 3. The van der Waals surface area contributed by atoms with Crippen molar-refractivity contribution in [1.29, 1.82) is 0 Å². The van der Waals surface area contributed by atoms with Gasteiger partial charge in [0, 0.05) is 6.54 Å². The third-order valence-electron chi connectivity index (χ3n) is 4.73. The van der Waals surface area contributed by atoms with Crippen molar-refractivity contribution in [3.63, 3.8) is 0 Å². The number of carbonyl (C=O) groups is 1. The van der Waals surface area contributed by atoms with Crippen LogP contribution < -0.4 is 14.8 Å². The van der Waals surface area contributed by atoms with Gasteiger partial charge >= 0.3 is 0 Å². The Bertz CT molecular complexity index is 922. The minimum Gasteiger partial charge on any atom is -0.493 e. The number of nitrogens with one attached hydrogen (secondary N) is 1. The molecule has 0 fully saturated rings. The summed E-state index contributed by atoms with van der Waals surface area (Å²) < 4.78 is 16.4. The van der Waals surface area contributed by atoms with Crippen LogP contribution in [0.3, 0.4) is 0 Å². The smallest absolute Gasteiger partial charge is 0.249 e. The number of benzene rings is 2. The van der Waals surface area contributed by atoms with Gasteiger partial charge in [-0.1, -0.05) is 47.7 Å². The fourth-order valence-electron chi connectivity index (χ4n) is 3.04. The van der Waals surface area contributed by atoms with Gasteiger partial charge < -0.3 is 19.5 Å². The lowest BCUT2D eigenvalue weighted by Crippen LogP contribution is -2.38. The van der Waals surface area contributed by atoms with E-state index in [1.54, 1.807) is 7.11 Å². The zero-order valence-electron chi connectivity index (χ0n) is 18.1. The van der Waals surface area contributed by atoms with E-state index in [1.807, 2.05) is 25.1 Å². The van der Waals surface area contributed by atoms with Gasteiger partial charge in [-0.2, -0.15) is 0 Å². The highest BCUT2D eigenvalue weighted by Gasteiger charge is 2.18. The van der Waals surface area contributed by atoms with E-state index in [1.165, 1.54) is 5.56 Å². The number of methoxy groups -OCH3 is 1. The minimum absolute atomic E-state index is 0.0995. The minimum atomic E-state index is -0.591. The summed E-state index contributed by atoms with van der Waals surface area (Å²) in [6.07, 6.45) is 11.9. The predicted octanol–water partition coefficient (Wildman–Crippen LogP) is 3.33. The van der Waals surface area contributed by atoms with Gasteiger partial charge in [-0.3, -0.25) is 4.79 Å². The quantitative estimate of drug-likeness (QED) is 0.536. The van der Waals surface area contributed by atoms with E-state index in [0.29, 0.717) is 30.9 Å². The molecule has 5 heteroatoms. The summed E-state index contributed by atoms with van der Waals surface area (Å²) in [6, 6.07) is 13.9. The third kappa shape index (κ3) is 8.09. The Kier molecular flexibility index (Phi) is 10.0. The van der Waals surface area contributed by atoms with E-state index in [4.69, 9.17) is 27.1 Å². The predicted molar refractivity (Wildman–Crippen MR) is 122 cm³/mol. The summed E-state index contributed by atoms with van der Waals surface area (Å²) in [5, 5.41) is 2.94. The molecule has 1 atom stereocenters. The lowest BCUT2D eigenvalue weighted by Gasteiger charge is -2.17. The van der Waals surface area contributed by atoms with Crippen molar-refractivity contribution in [2.75, 3.05) is 26.9 Å². The standard InChI is InChI=1S/C26H29NO4/c1-5-17-30-23-13-12-22(19-25(23)29-4)15-16-27-26(28)24(31-18-6-2)14-11-21-9-7-20(3)8-10-21/h1-2,7-10,12-13,19,24H,11,14-18H2,3-4H3,(H,27,28)/t24-/m1/s1. The topological polar surface area (TPSA) is 56.8 Å². The highest BCUT2D eigenvalue weighted by atomic mass is 16.5. The van der Waals surface area contributed by atoms with Gasteiger partial charge in [0.25, 0.3) is 0 Å².